The van der Waals surface area contributed by atoms with Crippen LogP contribution in [0.3, 0.4) is 0 Å². The molecule has 2 aromatic rings. The molecule has 3 heterocycles. The molecule has 0 spiro atoms. The van der Waals surface area contributed by atoms with Crippen molar-refractivity contribution in [3.8, 4) is 0 Å². The number of hydrogen-bond acceptors (Lipinski definition) is 3. The maximum atomic E-state index is 13.2. The van der Waals surface area contributed by atoms with Gasteiger partial charge in [0.25, 0.3) is 5.91 Å². The third-order valence-electron chi connectivity index (χ3n) is 5.73. The van der Waals surface area contributed by atoms with Crippen LogP contribution in [-0.4, -0.2) is 35.3 Å². The highest BCUT2D eigenvalue weighted by Gasteiger charge is 2.30. The van der Waals surface area contributed by atoms with Gasteiger partial charge in [0.1, 0.15) is 17.3 Å². The summed E-state index contributed by atoms with van der Waals surface area (Å²) < 4.78 is 19.1. The summed E-state index contributed by atoms with van der Waals surface area (Å²) in [5.74, 6) is 1.62. The fourth-order valence-electron chi connectivity index (χ4n) is 4.28. The number of carbonyl (C=O) groups is 1. The standard InChI is InChI=1S/C22H27FN2O2/c1-16-21(22(26)25-11-4-2-3-5-12-25)19-15-24(13-10-20(19)27-16)14-17-6-8-18(23)9-7-17/h6-9H,2-5,10-15H2,1H3. The first kappa shape index (κ1) is 18.2. The minimum absolute atomic E-state index is 0.128. The Morgan fingerprint density at radius 3 is 2.48 bits per heavy atom. The van der Waals surface area contributed by atoms with Gasteiger partial charge in [0, 0.05) is 44.7 Å². The second-order valence-electron chi connectivity index (χ2n) is 7.73. The summed E-state index contributed by atoms with van der Waals surface area (Å²) in [6.45, 7) is 5.94. The van der Waals surface area contributed by atoms with Gasteiger partial charge in [-0.05, 0) is 37.5 Å². The van der Waals surface area contributed by atoms with Crippen molar-refractivity contribution in [2.24, 2.45) is 0 Å². The third-order valence-corrected chi connectivity index (χ3v) is 5.73. The Labute approximate surface area is 159 Å². The van der Waals surface area contributed by atoms with Crippen LogP contribution in [0.15, 0.2) is 28.7 Å². The van der Waals surface area contributed by atoms with Gasteiger partial charge in [-0.3, -0.25) is 9.69 Å². The molecule has 0 radical (unpaired) electrons. The van der Waals surface area contributed by atoms with Gasteiger partial charge in [-0.25, -0.2) is 4.39 Å². The lowest BCUT2D eigenvalue weighted by molar-refractivity contribution is 0.0757. The Morgan fingerprint density at radius 2 is 1.78 bits per heavy atom. The fraction of sp³-hybridized carbons (Fsp3) is 0.500. The molecule has 0 atom stereocenters. The Hall–Kier alpha value is -2.14. The largest absolute Gasteiger partial charge is 0.465 e. The molecule has 0 N–H and O–H groups in total. The molecule has 1 aromatic heterocycles. The number of carbonyl (C=O) groups excluding carboxylic acids is 1. The molecule has 0 unspecified atom stereocenters. The van der Waals surface area contributed by atoms with E-state index in [1.54, 1.807) is 0 Å². The molecule has 0 saturated carbocycles. The smallest absolute Gasteiger partial charge is 0.257 e. The Kier molecular flexibility index (Phi) is 5.30. The minimum Gasteiger partial charge on any atom is -0.465 e. The molecule has 144 valence electrons. The molecule has 0 bridgehead atoms. The number of fused-ring (bicyclic) bond motifs is 1. The van der Waals surface area contributed by atoms with Crippen molar-refractivity contribution in [3.05, 3.63) is 58.3 Å². The number of nitrogens with zero attached hydrogens (tertiary/aromatic N) is 2. The van der Waals surface area contributed by atoms with E-state index in [0.29, 0.717) is 6.54 Å². The van der Waals surface area contributed by atoms with E-state index in [2.05, 4.69) is 4.90 Å². The Bertz CT molecular complexity index is 804. The summed E-state index contributed by atoms with van der Waals surface area (Å²) in [4.78, 5) is 17.5. The molecule has 5 heteroatoms. The van der Waals surface area contributed by atoms with Crippen molar-refractivity contribution in [3.63, 3.8) is 0 Å². The van der Waals surface area contributed by atoms with Gasteiger partial charge in [0.05, 0.1) is 5.56 Å². The average molecular weight is 370 g/mol. The van der Waals surface area contributed by atoms with E-state index in [1.807, 2.05) is 24.0 Å². The maximum absolute atomic E-state index is 13.2. The van der Waals surface area contributed by atoms with Gasteiger partial charge < -0.3 is 9.32 Å². The second kappa shape index (κ2) is 7.85. The molecule has 4 nitrogen and oxygen atoms in total. The van der Waals surface area contributed by atoms with Crippen LogP contribution in [-0.2, 0) is 19.5 Å². The third kappa shape index (κ3) is 3.93. The van der Waals surface area contributed by atoms with E-state index in [4.69, 9.17) is 4.42 Å². The van der Waals surface area contributed by atoms with E-state index >= 15 is 0 Å². The fourth-order valence-corrected chi connectivity index (χ4v) is 4.28. The van der Waals surface area contributed by atoms with Gasteiger partial charge >= 0.3 is 0 Å². The molecule has 1 aromatic carbocycles. The molecular weight excluding hydrogens is 343 g/mol. The van der Waals surface area contributed by atoms with Gasteiger partial charge in [-0.1, -0.05) is 25.0 Å². The van der Waals surface area contributed by atoms with Crippen molar-refractivity contribution >= 4 is 5.91 Å². The second-order valence-corrected chi connectivity index (χ2v) is 7.73. The molecule has 1 fully saturated rings. The van der Waals surface area contributed by atoms with Crippen LogP contribution in [0, 0.1) is 12.7 Å². The predicted octanol–water partition coefficient (Wildman–Crippen LogP) is 4.30. The number of likely N-dealkylation sites (tertiary alicyclic amines) is 1. The van der Waals surface area contributed by atoms with Crippen molar-refractivity contribution < 1.29 is 13.6 Å². The van der Waals surface area contributed by atoms with E-state index in [0.717, 1.165) is 73.7 Å². The van der Waals surface area contributed by atoms with E-state index in [-0.39, 0.29) is 11.7 Å². The number of halogens is 1. The lowest BCUT2D eigenvalue weighted by Crippen LogP contribution is -2.35. The first-order chi connectivity index (χ1) is 13.1. The van der Waals surface area contributed by atoms with E-state index in [1.165, 1.54) is 25.0 Å². The van der Waals surface area contributed by atoms with Crippen molar-refractivity contribution in [1.29, 1.82) is 0 Å². The highest BCUT2D eigenvalue weighted by Crippen LogP contribution is 2.30. The summed E-state index contributed by atoms with van der Waals surface area (Å²) in [5, 5.41) is 0. The number of amides is 1. The number of hydrogen-bond donors (Lipinski definition) is 0. The van der Waals surface area contributed by atoms with Gasteiger partial charge in [-0.2, -0.15) is 0 Å². The van der Waals surface area contributed by atoms with Gasteiger partial charge in [0.15, 0.2) is 0 Å². The minimum atomic E-state index is -0.213. The lowest BCUT2D eigenvalue weighted by Gasteiger charge is -2.27. The monoisotopic (exact) mass is 370 g/mol. The zero-order valence-corrected chi connectivity index (χ0v) is 16.0. The normalized spacial score (nSPS) is 18.2. The number of rotatable bonds is 3. The zero-order valence-electron chi connectivity index (χ0n) is 16.0. The number of aryl methyl sites for hydroxylation is 1. The van der Waals surface area contributed by atoms with Crippen LogP contribution in [0.5, 0.6) is 0 Å². The maximum Gasteiger partial charge on any atom is 0.257 e. The average Bonchev–Trinajstić information content (AvgIpc) is 2.84. The van der Waals surface area contributed by atoms with E-state index in [9.17, 15) is 9.18 Å². The van der Waals surface area contributed by atoms with E-state index < -0.39 is 0 Å². The van der Waals surface area contributed by atoms with Crippen LogP contribution in [0.4, 0.5) is 4.39 Å². The van der Waals surface area contributed by atoms with Crippen LogP contribution in [0.25, 0.3) is 0 Å². The van der Waals surface area contributed by atoms with Crippen molar-refractivity contribution in [2.45, 2.75) is 52.1 Å². The topological polar surface area (TPSA) is 36.7 Å². The zero-order chi connectivity index (χ0) is 18.8. The summed E-state index contributed by atoms with van der Waals surface area (Å²) in [7, 11) is 0. The van der Waals surface area contributed by atoms with Crippen LogP contribution < -0.4 is 0 Å². The van der Waals surface area contributed by atoms with Crippen LogP contribution in [0.1, 0.15) is 58.7 Å². The van der Waals surface area contributed by atoms with Crippen molar-refractivity contribution in [2.75, 3.05) is 19.6 Å². The predicted molar refractivity (Wildman–Crippen MR) is 102 cm³/mol. The van der Waals surface area contributed by atoms with Crippen LogP contribution >= 0.6 is 0 Å². The van der Waals surface area contributed by atoms with Crippen LogP contribution in [0.2, 0.25) is 0 Å². The SMILES string of the molecule is Cc1oc2c(c1C(=O)N1CCCCCC1)CN(Cc1ccc(F)cc1)CC2. The highest BCUT2D eigenvalue weighted by molar-refractivity contribution is 5.97. The Balaban J connectivity index is 1.53. The molecule has 1 amide bonds. The summed E-state index contributed by atoms with van der Waals surface area (Å²) in [6.07, 6.45) is 5.39. The molecule has 2 aliphatic heterocycles. The lowest BCUT2D eigenvalue weighted by atomic mass is 10.0. The number of benzene rings is 1. The molecule has 1 saturated heterocycles. The molecule has 4 rings (SSSR count). The van der Waals surface area contributed by atoms with Gasteiger partial charge in [-0.15, -0.1) is 0 Å². The number of furan rings is 1. The quantitative estimate of drug-likeness (QED) is 0.808. The van der Waals surface area contributed by atoms with Gasteiger partial charge in [0.2, 0.25) is 0 Å². The molecule has 0 aliphatic carbocycles. The molecule has 2 aliphatic rings. The van der Waals surface area contributed by atoms with Crippen molar-refractivity contribution in [1.82, 2.24) is 9.80 Å². The first-order valence-electron chi connectivity index (χ1n) is 9.99. The Morgan fingerprint density at radius 1 is 1.07 bits per heavy atom. The first-order valence-corrected chi connectivity index (χ1v) is 9.99. The molecule has 27 heavy (non-hydrogen) atoms. The summed E-state index contributed by atoms with van der Waals surface area (Å²) in [6, 6.07) is 6.66. The summed E-state index contributed by atoms with van der Waals surface area (Å²) in [5.41, 5.74) is 2.91. The summed E-state index contributed by atoms with van der Waals surface area (Å²) >= 11 is 0. The molecular formula is C22H27FN2O2. The highest BCUT2D eigenvalue weighted by atomic mass is 19.1.